The Morgan fingerprint density at radius 2 is 2.38 bits per heavy atom. The van der Waals surface area contributed by atoms with Crippen LogP contribution in [-0.4, -0.2) is 9.97 Å². The molecular weight excluding hydrogens is 196 g/mol. The van der Waals surface area contributed by atoms with Gasteiger partial charge >= 0.3 is 0 Å². The molecular formula is C14H14N2. The molecule has 1 N–H and O–H groups in total. The molecule has 2 aliphatic rings. The molecule has 0 spiro atoms. The minimum Gasteiger partial charge on any atom is -0.348 e. The number of hydrogen-bond donors (Lipinski definition) is 1. The quantitative estimate of drug-likeness (QED) is 0.770. The molecule has 0 amide bonds. The highest BCUT2D eigenvalue weighted by molar-refractivity contribution is 5.55. The van der Waals surface area contributed by atoms with Crippen LogP contribution in [0.4, 0.5) is 0 Å². The SMILES string of the molecule is Cc1cccc2c1CC1CC21c1cnc[nH]1. The lowest BCUT2D eigenvalue weighted by Crippen LogP contribution is -2.09. The molecule has 2 unspecified atom stereocenters. The van der Waals surface area contributed by atoms with E-state index in [-0.39, 0.29) is 5.41 Å². The molecule has 0 bridgehead atoms. The number of nitrogens with zero attached hydrogens (tertiary/aromatic N) is 1. The summed E-state index contributed by atoms with van der Waals surface area (Å²) in [6, 6.07) is 6.72. The first-order valence-corrected chi connectivity index (χ1v) is 5.90. The second-order valence-corrected chi connectivity index (χ2v) is 5.14. The molecule has 2 aliphatic carbocycles. The Balaban J connectivity index is 1.96. The minimum absolute atomic E-state index is 0.290. The molecule has 2 heteroatoms. The molecule has 0 aliphatic heterocycles. The Hall–Kier alpha value is -1.57. The molecule has 1 aromatic heterocycles. The fraction of sp³-hybridized carbons (Fsp3) is 0.357. The highest BCUT2D eigenvalue weighted by Crippen LogP contribution is 2.65. The van der Waals surface area contributed by atoms with E-state index in [1.165, 1.54) is 24.1 Å². The predicted molar refractivity (Wildman–Crippen MR) is 62.4 cm³/mol. The fourth-order valence-corrected chi connectivity index (χ4v) is 3.52. The summed E-state index contributed by atoms with van der Waals surface area (Å²) < 4.78 is 0. The van der Waals surface area contributed by atoms with E-state index < -0.39 is 0 Å². The van der Waals surface area contributed by atoms with Gasteiger partial charge in [-0.15, -0.1) is 0 Å². The molecule has 1 aromatic carbocycles. The van der Waals surface area contributed by atoms with Gasteiger partial charge in [0.25, 0.3) is 0 Å². The Labute approximate surface area is 94.7 Å². The summed E-state index contributed by atoms with van der Waals surface area (Å²) in [5.41, 5.74) is 6.17. The highest BCUT2D eigenvalue weighted by atomic mass is 14.9. The van der Waals surface area contributed by atoms with Crippen LogP contribution in [0.25, 0.3) is 0 Å². The third-order valence-corrected chi connectivity index (χ3v) is 4.43. The van der Waals surface area contributed by atoms with Crippen LogP contribution in [0.5, 0.6) is 0 Å². The van der Waals surface area contributed by atoms with Crippen molar-refractivity contribution in [3.05, 3.63) is 53.1 Å². The Bertz CT molecular complexity index is 556. The number of aromatic amines is 1. The second kappa shape index (κ2) is 2.57. The van der Waals surface area contributed by atoms with E-state index in [1.807, 2.05) is 6.20 Å². The lowest BCUT2D eigenvalue weighted by atomic mass is 9.91. The predicted octanol–water partition coefficient (Wildman–Crippen LogP) is 2.58. The van der Waals surface area contributed by atoms with Gasteiger partial charge in [-0.05, 0) is 42.4 Å². The first-order chi connectivity index (χ1) is 7.82. The van der Waals surface area contributed by atoms with E-state index in [9.17, 15) is 0 Å². The number of imidazole rings is 1. The van der Waals surface area contributed by atoms with Gasteiger partial charge in [0.05, 0.1) is 6.33 Å². The van der Waals surface area contributed by atoms with Crippen LogP contribution in [0.15, 0.2) is 30.7 Å². The maximum atomic E-state index is 4.18. The van der Waals surface area contributed by atoms with Crippen LogP contribution >= 0.6 is 0 Å². The van der Waals surface area contributed by atoms with Crippen LogP contribution in [-0.2, 0) is 11.8 Å². The van der Waals surface area contributed by atoms with Crippen LogP contribution in [0.2, 0.25) is 0 Å². The van der Waals surface area contributed by atoms with Gasteiger partial charge in [0, 0.05) is 17.3 Å². The van der Waals surface area contributed by atoms with Gasteiger partial charge in [0.1, 0.15) is 0 Å². The number of aryl methyl sites for hydroxylation is 1. The van der Waals surface area contributed by atoms with Crippen molar-refractivity contribution in [3.8, 4) is 0 Å². The van der Waals surface area contributed by atoms with Crippen LogP contribution in [0, 0.1) is 12.8 Å². The average Bonchev–Trinajstić information content (AvgIpc) is 2.71. The Morgan fingerprint density at radius 3 is 3.19 bits per heavy atom. The van der Waals surface area contributed by atoms with Gasteiger partial charge < -0.3 is 4.98 Å². The lowest BCUT2D eigenvalue weighted by Gasteiger charge is -2.14. The number of H-pyrrole nitrogens is 1. The summed E-state index contributed by atoms with van der Waals surface area (Å²) in [5.74, 6) is 0.809. The van der Waals surface area contributed by atoms with Crippen molar-refractivity contribution in [3.63, 3.8) is 0 Å². The van der Waals surface area contributed by atoms with Crippen molar-refractivity contribution < 1.29 is 0 Å². The van der Waals surface area contributed by atoms with E-state index in [0.29, 0.717) is 0 Å². The van der Waals surface area contributed by atoms with Gasteiger partial charge in [-0.3, -0.25) is 0 Å². The van der Waals surface area contributed by atoms with Crippen LogP contribution < -0.4 is 0 Å². The van der Waals surface area contributed by atoms with E-state index in [2.05, 4.69) is 35.1 Å². The topological polar surface area (TPSA) is 28.7 Å². The third-order valence-electron chi connectivity index (χ3n) is 4.43. The van der Waals surface area contributed by atoms with Crippen molar-refractivity contribution in [2.24, 2.45) is 5.92 Å². The van der Waals surface area contributed by atoms with Gasteiger partial charge in [-0.2, -0.15) is 0 Å². The molecule has 2 nitrogen and oxygen atoms in total. The number of nitrogens with one attached hydrogen (secondary N) is 1. The van der Waals surface area contributed by atoms with E-state index >= 15 is 0 Å². The molecule has 2 atom stereocenters. The van der Waals surface area contributed by atoms with Crippen LogP contribution in [0.1, 0.15) is 28.8 Å². The van der Waals surface area contributed by atoms with Gasteiger partial charge in [0.2, 0.25) is 0 Å². The molecule has 1 heterocycles. The van der Waals surface area contributed by atoms with Crippen molar-refractivity contribution in [1.29, 1.82) is 0 Å². The van der Waals surface area contributed by atoms with Crippen molar-refractivity contribution >= 4 is 0 Å². The standard InChI is InChI=1S/C14H14N2/c1-9-3-2-4-12-11(9)5-10-6-14(10,12)13-7-15-8-16-13/h2-4,7-8,10H,5-6H2,1H3,(H,15,16). The third kappa shape index (κ3) is 0.823. The first-order valence-electron chi connectivity index (χ1n) is 5.90. The maximum absolute atomic E-state index is 4.18. The zero-order valence-corrected chi connectivity index (χ0v) is 9.33. The summed E-state index contributed by atoms with van der Waals surface area (Å²) in [4.78, 5) is 7.49. The normalized spacial score (nSPS) is 29.9. The molecule has 4 rings (SSSR count). The molecule has 1 fully saturated rings. The smallest absolute Gasteiger partial charge is 0.0922 e. The largest absolute Gasteiger partial charge is 0.348 e. The van der Waals surface area contributed by atoms with Gasteiger partial charge in [0.15, 0.2) is 0 Å². The molecule has 0 radical (unpaired) electrons. The lowest BCUT2D eigenvalue weighted by molar-refractivity contribution is 0.742. The Morgan fingerprint density at radius 1 is 1.44 bits per heavy atom. The zero-order chi connectivity index (χ0) is 10.8. The van der Waals surface area contributed by atoms with E-state index in [1.54, 1.807) is 17.5 Å². The maximum Gasteiger partial charge on any atom is 0.0922 e. The number of aromatic nitrogens is 2. The van der Waals surface area contributed by atoms with Crippen molar-refractivity contribution in [2.75, 3.05) is 0 Å². The van der Waals surface area contributed by atoms with E-state index in [0.717, 1.165) is 5.92 Å². The van der Waals surface area contributed by atoms with Gasteiger partial charge in [-0.25, -0.2) is 4.98 Å². The number of fused-ring (bicyclic) bond motifs is 3. The van der Waals surface area contributed by atoms with Crippen molar-refractivity contribution in [1.82, 2.24) is 9.97 Å². The summed E-state index contributed by atoms with van der Waals surface area (Å²) in [5, 5.41) is 0. The molecule has 1 saturated carbocycles. The summed E-state index contributed by atoms with van der Waals surface area (Å²) in [7, 11) is 0. The average molecular weight is 210 g/mol. The summed E-state index contributed by atoms with van der Waals surface area (Å²) in [6.45, 7) is 2.23. The van der Waals surface area contributed by atoms with E-state index in [4.69, 9.17) is 0 Å². The number of benzene rings is 1. The van der Waals surface area contributed by atoms with Crippen LogP contribution in [0.3, 0.4) is 0 Å². The molecule has 0 saturated heterocycles. The summed E-state index contributed by atoms with van der Waals surface area (Å²) >= 11 is 0. The fourth-order valence-electron chi connectivity index (χ4n) is 3.52. The molecule has 80 valence electrons. The summed E-state index contributed by atoms with van der Waals surface area (Å²) in [6.07, 6.45) is 6.34. The minimum atomic E-state index is 0.290. The highest BCUT2D eigenvalue weighted by Gasteiger charge is 2.62. The molecule has 2 aromatic rings. The zero-order valence-electron chi connectivity index (χ0n) is 9.33. The first kappa shape index (κ1) is 8.57. The van der Waals surface area contributed by atoms with Gasteiger partial charge in [-0.1, -0.05) is 18.2 Å². The Kier molecular flexibility index (Phi) is 1.37. The second-order valence-electron chi connectivity index (χ2n) is 5.14. The number of rotatable bonds is 1. The molecule has 16 heavy (non-hydrogen) atoms. The van der Waals surface area contributed by atoms with Crippen molar-refractivity contribution in [2.45, 2.75) is 25.2 Å². The monoisotopic (exact) mass is 210 g/mol. The number of hydrogen-bond acceptors (Lipinski definition) is 1.